The van der Waals surface area contributed by atoms with Gasteiger partial charge in [0.1, 0.15) is 4.90 Å². The molecule has 1 rings (SSSR count). The molecule has 6 heteroatoms. The molecule has 0 atom stereocenters. The van der Waals surface area contributed by atoms with Gasteiger partial charge in [0.2, 0.25) is 10.0 Å². The van der Waals surface area contributed by atoms with Crippen molar-refractivity contribution in [1.82, 2.24) is 4.31 Å². The van der Waals surface area contributed by atoms with E-state index in [0.29, 0.717) is 11.4 Å². The lowest BCUT2D eigenvalue weighted by Crippen LogP contribution is -2.38. The van der Waals surface area contributed by atoms with Gasteiger partial charge < -0.3 is 5.73 Å². The number of aryl methyl sites for hydroxylation is 1. The van der Waals surface area contributed by atoms with E-state index in [-0.39, 0.29) is 12.6 Å². The van der Waals surface area contributed by atoms with E-state index in [1.165, 1.54) is 11.3 Å². The highest BCUT2D eigenvalue weighted by molar-refractivity contribution is 7.89. The fourth-order valence-corrected chi connectivity index (χ4v) is 5.60. The molecule has 1 aromatic heterocycles. The Kier molecular flexibility index (Phi) is 6.64. The first kappa shape index (κ1) is 17.6. The van der Waals surface area contributed by atoms with Crippen LogP contribution >= 0.6 is 11.3 Å². The predicted octanol–water partition coefficient (Wildman–Crippen LogP) is 3.10. The molecule has 0 radical (unpaired) electrons. The molecule has 0 aliphatic carbocycles. The van der Waals surface area contributed by atoms with Gasteiger partial charge in [-0.3, -0.25) is 0 Å². The van der Waals surface area contributed by atoms with Crippen molar-refractivity contribution in [1.29, 1.82) is 0 Å². The van der Waals surface area contributed by atoms with E-state index < -0.39 is 10.0 Å². The molecule has 1 aromatic rings. The number of nitrogens with zero attached hydrogens (tertiary/aromatic N) is 1. The van der Waals surface area contributed by atoms with Crippen molar-refractivity contribution in [2.24, 2.45) is 5.73 Å². The molecule has 0 amide bonds. The molecular formula is C14H26N2O2S2. The molecule has 20 heavy (non-hydrogen) atoms. The van der Waals surface area contributed by atoms with Crippen molar-refractivity contribution in [3.05, 3.63) is 15.8 Å². The molecular weight excluding hydrogens is 292 g/mol. The summed E-state index contributed by atoms with van der Waals surface area (Å²) >= 11 is 1.43. The van der Waals surface area contributed by atoms with E-state index in [0.717, 1.165) is 29.7 Å². The minimum Gasteiger partial charge on any atom is -0.326 e. The van der Waals surface area contributed by atoms with Crippen LogP contribution in [-0.4, -0.2) is 25.3 Å². The summed E-state index contributed by atoms with van der Waals surface area (Å²) in [5.41, 5.74) is 6.49. The molecule has 0 aliphatic rings. The molecule has 1 heterocycles. The molecule has 0 bridgehead atoms. The lowest BCUT2D eigenvalue weighted by Gasteiger charge is -2.26. The Morgan fingerprint density at radius 2 is 2.00 bits per heavy atom. The third-order valence-corrected chi connectivity index (χ3v) is 6.86. The van der Waals surface area contributed by atoms with Gasteiger partial charge in [0, 0.05) is 24.0 Å². The summed E-state index contributed by atoms with van der Waals surface area (Å²) in [5.74, 6) is 0. The standard InChI is InChI=1S/C14H26N2O2S2/c1-5-6-7-8-16(11(2)3)20(17,18)14-12(4)10-19-13(14)9-15/h10-11H,5-9,15H2,1-4H3. The average molecular weight is 319 g/mol. The third kappa shape index (κ3) is 3.81. The Morgan fingerprint density at radius 3 is 2.50 bits per heavy atom. The molecule has 0 spiro atoms. The quantitative estimate of drug-likeness (QED) is 0.749. The Morgan fingerprint density at radius 1 is 1.35 bits per heavy atom. The summed E-state index contributed by atoms with van der Waals surface area (Å²) in [6.45, 7) is 8.65. The molecule has 0 fully saturated rings. The molecule has 116 valence electrons. The van der Waals surface area contributed by atoms with Crippen LogP contribution in [0, 0.1) is 6.92 Å². The topological polar surface area (TPSA) is 63.4 Å². The maximum atomic E-state index is 12.9. The second-order valence-corrected chi connectivity index (χ2v) is 8.08. The predicted molar refractivity (Wildman–Crippen MR) is 85.5 cm³/mol. The van der Waals surface area contributed by atoms with Crippen LogP contribution in [0.25, 0.3) is 0 Å². The van der Waals surface area contributed by atoms with E-state index in [1.807, 2.05) is 26.2 Å². The van der Waals surface area contributed by atoms with Crippen LogP contribution in [0.3, 0.4) is 0 Å². The molecule has 0 aliphatic heterocycles. The Bertz CT molecular complexity index is 521. The number of thiophene rings is 1. The summed E-state index contributed by atoms with van der Waals surface area (Å²) in [6.07, 6.45) is 3.03. The number of hydrogen-bond donors (Lipinski definition) is 1. The minimum atomic E-state index is -3.45. The third-order valence-electron chi connectivity index (χ3n) is 3.30. The average Bonchev–Trinajstić information content (AvgIpc) is 2.75. The van der Waals surface area contributed by atoms with Gasteiger partial charge in [-0.15, -0.1) is 11.3 Å². The SMILES string of the molecule is CCCCCN(C(C)C)S(=O)(=O)c1c(C)csc1CN. The van der Waals surface area contributed by atoms with Crippen LogP contribution in [0.5, 0.6) is 0 Å². The Balaban J connectivity index is 3.13. The maximum Gasteiger partial charge on any atom is 0.244 e. The summed E-state index contributed by atoms with van der Waals surface area (Å²) in [7, 11) is -3.45. The van der Waals surface area contributed by atoms with Crippen molar-refractivity contribution in [3.8, 4) is 0 Å². The van der Waals surface area contributed by atoms with Crippen LogP contribution in [0.1, 0.15) is 50.5 Å². The van der Waals surface area contributed by atoms with E-state index in [4.69, 9.17) is 5.73 Å². The second-order valence-electron chi connectivity index (χ2n) is 5.29. The monoisotopic (exact) mass is 318 g/mol. The molecule has 4 nitrogen and oxygen atoms in total. The Hall–Kier alpha value is -0.430. The van der Waals surface area contributed by atoms with Crippen LogP contribution < -0.4 is 5.73 Å². The van der Waals surface area contributed by atoms with Crippen molar-refractivity contribution >= 4 is 21.4 Å². The first-order valence-corrected chi connectivity index (χ1v) is 9.47. The van der Waals surface area contributed by atoms with E-state index in [9.17, 15) is 8.42 Å². The van der Waals surface area contributed by atoms with Crippen molar-refractivity contribution < 1.29 is 8.42 Å². The molecule has 2 N–H and O–H groups in total. The van der Waals surface area contributed by atoms with E-state index >= 15 is 0 Å². The van der Waals surface area contributed by atoms with E-state index in [2.05, 4.69) is 6.92 Å². The van der Waals surface area contributed by atoms with Gasteiger partial charge in [-0.25, -0.2) is 8.42 Å². The highest BCUT2D eigenvalue weighted by Crippen LogP contribution is 2.30. The lowest BCUT2D eigenvalue weighted by atomic mass is 10.2. The van der Waals surface area contributed by atoms with Gasteiger partial charge in [0.25, 0.3) is 0 Å². The zero-order chi connectivity index (χ0) is 15.3. The minimum absolute atomic E-state index is 0.0400. The smallest absolute Gasteiger partial charge is 0.244 e. The molecule has 0 saturated carbocycles. The summed E-state index contributed by atoms with van der Waals surface area (Å²) < 4.78 is 27.4. The Labute approximate surface area is 127 Å². The normalized spacial score (nSPS) is 12.6. The fourth-order valence-electron chi connectivity index (χ4n) is 2.27. The maximum absolute atomic E-state index is 12.9. The number of nitrogens with two attached hydrogens (primary N) is 1. The first-order valence-electron chi connectivity index (χ1n) is 7.15. The van der Waals surface area contributed by atoms with E-state index in [1.54, 1.807) is 4.31 Å². The van der Waals surface area contributed by atoms with Gasteiger partial charge in [0.15, 0.2) is 0 Å². The summed E-state index contributed by atoms with van der Waals surface area (Å²) in [5, 5.41) is 1.87. The van der Waals surface area contributed by atoms with Gasteiger partial charge in [-0.1, -0.05) is 19.8 Å². The van der Waals surface area contributed by atoms with Gasteiger partial charge in [0.05, 0.1) is 0 Å². The zero-order valence-corrected chi connectivity index (χ0v) is 14.5. The van der Waals surface area contributed by atoms with Crippen molar-refractivity contribution in [2.45, 2.75) is 64.4 Å². The van der Waals surface area contributed by atoms with Crippen LogP contribution in [0.4, 0.5) is 0 Å². The number of sulfonamides is 1. The van der Waals surface area contributed by atoms with Crippen LogP contribution in [0.15, 0.2) is 10.3 Å². The van der Waals surface area contributed by atoms with Gasteiger partial charge >= 0.3 is 0 Å². The zero-order valence-electron chi connectivity index (χ0n) is 12.8. The largest absolute Gasteiger partial charge is 0.326 e. The number of unbranched alkanes of at least 4 members (excludes halogenated alkanes) is 2. The summed E-state index contributed by atoms with van der Waals surface area (Å²) in [6, 6.07) is -0.0400. The number of rotatable bonds is 8. The second kappa shape index (κ2) is 7.54. The van der Waals surface area contributed by atoms with Crippen LogP contribution in [-0.2, 0) is 16.6 Å². The number of hydrogen-bond acceptors (Lipinski definition) is 4. The summed E-state index contributed by atoms with van der Waals surface area (Å²) in [4.78, 5) is 1.18. The lowest BCUT2D eigenvalue weighted by molar-refractivity contribution is 0.345. The van der Waals surface area contributed by atoms with Crippen molar-refractivity contribution in [2.75, 3.05) is 6.54 Å². The van der Waals surface area contributed by atoms with Gasteiger partial charge in [-0.2, -0.15) is 4.31 Å². The molecule has 0 unspecified atom stereocenters. The van der Waals surface area contributed by atoms with Crippen molar-refractivity contribution in [3.63, 3.8) is 0 Å². The molecule has 0 aromatic carbocycles. The van der Waals surface area contributed by atoms with Gasteiger partial charge in [-0.05, 0) is 38.1 Å². The highest BCUT2D eigenvalue weighted by Gasteiger charge is 2.30. The first-order chi connectivity index (χ1) is 9.36. The fraction of sp³-hybridized carbons (Fsp3) is 0.714. The highest BCUT2D eigenvalue weighted by atomic mass is 32.2. The van der Waals surface area contributed by atoms with Crippen LogP contribution in [0.2, 0.25) is 0 Å². The molecule has 0 saturated heterocycles.